The van der Waals surface area contributed by atoms with Crippen LogP contribution in [0.25, 0.3) is 10.8 Å². The molecule has 27 heavy (non-hydrogen) atoms. The summed E-state index contributed by atoms with van der Waals surface area (Å²) in [4.78, 5) is 4.97. The maximum atomic E-state index is 3.45. The van der Waals surface area contributed by atoms with Gasteiger partial charge in [0, 0.05) is 50.9 Å². The predicted octanol–water partition coefficient (Wildman–Crippen LogP) is 3.83. The summed E-state index contributed by atoms with van der Waals surface area (Å²) >= 11 is 0. The second kappa shape index (κ2) is 6.99. The number of anilines is 1. The van der Waals surface area contributed by atoms with Crippen LogP contribution in [0.1, 0.15) is 22.6 Å². The summed E-state index contributed by atoms with van der Waals surface area (Å²) in [6.07, 6.45) is 0. The number of piperazine rings is 1. The zero-order valence-electron chi connectivity index (χ0n) is 16.0. The van der Waals surface area contributed by atoms with Crippen molar-refractivity contribution < 1.29 is 0 Å². The summed E-state index contributed by atoms with van der Waals surface area (Å²) in [5, 5.41) is 6.10. The zero-order valence-corrected chi connectivity index (χ0v) is 16.0. The Labute approximate surface area is 161 Å². The smallest absolute Gasteiger partial charge is 0.0370 e. The Hall–Kier alpha value is -2.36. The van der Waals surface area contributed by atoms with Crippen LogP contribution in [-0.2, 0) is 6.54 Å². The minimum atomic E-state index is 0.445. The van der Waals surface area contributed by atoms with Gasteiger partial charge in [0.2, 0.25) is 0 Å². The summed E-state index contributed by atoms with van der Waals surface area (Å²) in [6.45, 7) is 6.48. The average molecular weight is 358 g/mol. The van der Waals surface area contributed by atoms with E-state index in [1.165, 1.54) is 33.2 Å². The Morgan fingerprint density at radius 1 is 0.889 bits per heavy atom. The average Bonchev–Trinajstić information content (AvgIpc) is 2.73. The van der Waals surface area contributed by atoms with Crippen molar-refractivity contribution in [3.05, 3.63) is 77.4 Å². The van der Waals surface area contributed by atoms with Crippen molar-refractivity contribution in [3.63, 3.8) is 0 Å². The van der Waals surface area contributed by atoms with Gasteiger partial charge in [-0.05, 0) is 46.6 Å². The Morgan fingerprint density at radius 2 is 1.70 bits per heavy atom. The van der Waals surface area contributed by atoms with Gasteiger partial charge in [0.1, 0.15) is 0 Å². The molecule has 1 unspecified atom stereocenters. The van der Waals surface area contributed by atoms with Crippen LogP contribution < -0.4 is 10.2 Å². The highest BCUT2D eigenvalue weighted by atomic mass is 15.2. The number of rotatable bonds is 2. The topological polar surface area (TPSA) is 18.5 Å². The third-order valence-corrected chi connectivity index (χ3v) is 6.09. The number of hydrogen-bond acceptors (Lipinski definition) is 3. The van der Waals surface area contributed by atoms with E-state index in [9.17, 15) is 0 Å². The standard InChI is InChI=1S/C24H27N3/c1-26-16-21-15-22(27-12-10-25-11-13-27)8-9-23(21)24(17-26)20-7-6-18-4-2-3-5-19(18)14-20/h2-9,14-15,24-25H,10-13,16-17H2,1H3. The first-order chi connectivity index (χ1) is 13.3. The van der Waals surface area contributed by atoms with Gasteiger partial charge in [0.05, 0.1) is 0 Å². The molecular weight excluding hydrogens is 330 g/mol. The van der Waals surface area contributed by atoms with Gasteiger partial charge in [-0.2, -0.15) is 0 Å². The van der Waals surface area contributed by atoms with Crippen LogP contribution in [0.4, 0.5) is 5.69 Å². The van der Waals surface area contributed by atoms with Crippen LogP contribution in [-0.4, -0.2) is 44.7 Å². The largest absolute Gasteiger partial charge is 0.369 e. The lowest BCUT2D eigenvalue weighted by Gasteiger charge is -2.35. The minimum absolute atomic E-state index is 0.445. The Morgan fingerprint density at radius 3 is 2.56 bits per heavy atom. The summed E-state index contributed by atoms with van der Waals surface area (Å²) in [5.74, 6) is 0.445. The van der Waals surface area contributed by atoms with Gasteiger partial charge < -0.3 is 15.1 Å². The van der Waals surface area contributed by atoms with Crippen molar-refractivity contribution in [2.75, 3.05) is 44.7 Å². The van der Waals surface area contributed by atoms with Gasteiger partial charge in [-0.25, -0.2) is 0 Å². The molecule has 2 aliphatic heterocycles. The highest BCUT2D eigenvalue weighted by molar-refractivity contribution is 5.83. The number of benzene rings is 3. The lowest BCUT2D eigenvalue weighted by Crippen LogP contribution is -2.43. The van der Waals surface area contributed by atoms with E-state index in [0.717, 1.165) is 39.3 Å². The lowest BCUT2D eigenvalue weighted by molar-refractivity contribution is 0.295. The summed E-state index contributed by atoms with van der Waals surface area (Å²) < 4.78 is 0. The van der Waals surface area contributed by atoms with Gasteiger partial charge in [-0.15, -0.1) is 0 Å². The first-order valence-corrected chi connectivity index (χ1v) is 10.0. The van der Waals surface area contributed by atoms with Crippen molar-refractivity contribution in [2.45, 2.75) is 12.5 Å². The maximum Gasteiger partial charge on any atom is 0.0370 e. The van der Waals surface area contributed by atoms with Crippen molar-refractivity contribution in [2.24, 2.45) is 0 Å². The first-order valence-electron chi connectivity index (χ1n) is 10.0. The molecule has 5 rings (SSSR count). The normalized spacial score (nSPS) is 20.6. The van der Waals surface area contributed by atoms with E-state index >= 15 is 0 Å². The lowest BCUT2D eigenvalue weighted by atomic mass is 9.84. The molecule has 138 valence electrons. The molecule has 2 heterocycles. The highest BCUT2D eigenvalue weighted by Gasteiger charge is 2.26. The van der Waals surface area contributed by atoms with E-state index in [0.29, 0.717) is 5.92 Å². The summed E-state index contributed by atoms with van der Waals surface area (Å²) in [5.41, 5.74) is 5.79. The number of nitrogens with one attached hydrogen (secondary N) is 1. The molecule has 1 saturated heterocycles. The van der Waals surface area contributed by atoms with Gasteiger partial charge in [-0.1, -0.05) is 48.5 Å². The fourth-order valence-corrected chi connectivity index (χ4v) is 4.66. The summed E-state index contributed by atoms with van der Waals surface area (Å²) in [7, 11) is 2.24. The highest BCUT2D eigenvalue weighted by Crippen LogP contribution is 2.36. The SMILES string of the molecule is CN1Cc2cc(N3CCNCC3)ccc2C(c2ccc3ccccc3c2)C1. The zero-order chi connectivity index (χ0) is 18.2. The molecule has 3 nitrogen and oxygen atoms in total. The third-order valence-electron chi connectivity index (χ3n) is 6.09. The third kappa shape index (κ3) is 3.22. The molecule has 0 aromatic heterocycles. The van der Waals surface area contributed by atoms with E-state index in [-0.39, 0.29) is 0 Å². The first kappa shape index (κ1) is 16.8. The van der Waals surface area contributed by atoms with Crippen LogP contribution >= 0.6 is 0 Å². The molecule has 0 radical (unpaired) electrons. The van der Waals surface area contributed by atoms with Crippen LogP contribution in [0, 0.1) is 0 Å². The molecule has 0 spiro atoms. The second-order valence-electron chi connectivity index (χ2n) is 7.98. The summed E-state index contributed by atoms with van der Waals surface area (Å²) in [6, 6.07) is 22.8. The van der Waals surface area contributed by atoms with Crippen molar-refractivity contribution >= 4 is 16.5 Å². The monoisotopic (exact) mass is 357 g/mol. The molecule has 0 saturated carbocycles. The molecule has 3 aromatic rings. The van der Waals surface area contributed by atoms with Gasteiger partial charge in [0.15, 0.2) is 0 Å². The van der Waals surface area contributed by atoms with Crippen LogP contribution in [0.2, 0.25) is 0 Å². The number of fused-ring (bicyclic) bond motifs is 2. The number of nitrogens with zero attached hydrogens (tertiary/aromatic N) is 2. The van der Waals surface area contributed by atoms with Crippen molar-refractivity contribution in [3.8, 4) is 0 Å². The van der Waals surface area contributed by atoms with Crippen LogP contribution in [0.3, 0.4) is 0 Å². The van der Waals surface area contributed by atoms with Gasteiger partial charge >= 0.3 is 0 Å². The Balaban J connectivity index is 1.53. The minimum Gasteiger partial charge on any atom is -0.369 e. The molecule has 2 aliphatic rings. The van der Waals surface area contributed by atoms with E-state index in [1.807, 2.05) is 0 Å². The van der Waals surface area contributed by atoms with Gasteiger partial charge in [-0.3, -0.25) is 0 Å². The van der Waals surface area contributed by atoms with E-state index in [1.54, 1.807) is 0 Å². The number of hydrogen-bond donors (Lipinski definition) is 1. The molecule has 0 amide bonds. The van der Waals surface area contributed by atoms with E-state index < -0.39 is 0 Å². The molecule has 3 heteroatoms. The molecule has 1 fully saturated rings. The molecular formula is C24H27N3. The van der Waals surface area contributed by atoms with Crippen LogP contribution in [0.5, 0.6) is 0 Å². The Bertz CT molecular complexity index is 959. The second-order valence-corrected chi connectivity index (χ2v) is 7.98. The number of likely N-dealkylation sites (N-methyl/N-ethyl adjacent to an activating group) is 1. The van der Waals surface area contributed by atoms with E-state index in [2.05, 4.69) is 82.8 Å². The molecule has 1 atom stereocenters. The van der Waals surface area contributed by atoms with Gasteiger partial charge in [0.25, 0.3) is 0 Å². The molecule has 0 bridgehead atoms. The fraction of sp³-hybridized carbons (Fsp3) is 0.333. The predicted molar refractivity (Wildman–Crippen MR) is 114 cm³/mol. The van der Waals surface area contributed by atoms with E-state index in [4.69, 9.17) is 0 Å². The molecule has 3 aromatic carbocycles. The quantitative estimate of drug-likeness (QED) is 0.752. The Kier molecular flexibility index (Phi) is 4.35. The molecule has 0 aliphatic carbocycles. The molecule has 1 N–H and O–H groups in total. The maximum absolute atomic E-state index is 3.45. The fourth-order valence-electron chi connectivity index (χ4n) is 4.66. The van der Waals surface area contributed by atoms with Crippen LogP contribution in [0.15, 0.2) is 60.7 Å². The van der Waals surface area contributed by atoms with Crippen molar-refractivity contribution in [1.29, 1.82) is 0 Å². The van der Waals surface area contributed by atoms with Crippen molar-refractivity contribution in [1.82, 2.24) is 10.2 Å².